The van der Waals surface area contributed by atoms with Crippen LogP contribution in [0.2, 0.25) is 0 Å². The van der Waals surface area contributed by atoms with Gasteiger partial charge >= 0.3 is 0 Å². The van der Waals surface area contributed by atoms with E-state index in [1.807, 2.05) is 4.90 Å². The highest BCUT2D eigenvalue weighted by Crippen LogP contribution is 2.10. The zero-order chi connectivity index (χ0) is 11.8. The van der Waals surface area contributed by atoms with Gasteiger partial charge in [-0.05, 0) is 12.3 Å². The van der Waals surface area contributed by atoms with Crippen molar-refractivity contribution in [2.45, 2.75) is 46.0 Å². The number of nitrogens with zero attached hydrogens (tertiary/aromatic N) is 1. The second-order valence-corrected chi connectivity index (χ2v) is 5.15. The van der Waals surface area contributed by atoms with E-state index in [1.54, 1.807) is 0 Å². The number of piperazine rings is 1. The third kappa shape index (κ3) is 5.50. The van der Waals surface area contributed by atoms with Gasteiger partial charge < -0.3 is 10.2 Å². The first-order chi connectivity index (χ1) is 7.70. The first kappa shape index (κ1) is 13.5. The molecule has 0 aliphatic carbocycles. The second kappa shape index (κ2) is 7.66. The highest BCUT2D eigenvalue weighted by molar-refractivity contribution is 5.78. The summed E-state index contributed by atoms with van der Waals surface area (Å²) in [6.07, 6.45) is 6.44. The molecule has 0 atom stereocenters. The Kier molecular flexibility index (Phi) is 6.46. The van der Waals surface area contributed by atoms with Gasteiger partial charge in [-0.2, -0.15) is 0 Å². The number of rotatable bonds is 7. The third-order valence-electron chi connectivity index (χ3n) is 3.15. The minimum atomic E-state index is 0.272. The van der Waals surface area contributed by atoms with Gasteiger partial charge in [0.2, 0.25) is 5.91 Å². The predicted octanol–water partition coefficient (Wildman–Crippen LogP) is 2.02. The van der Waals surface area contributed by atoms with Crippen LogP contribution in [-0.4, -0.2) is 37.0 Å². The van der Waals surface area contributed by atoms with Crippen LogP contribution < -0.4 is 5.32 Å². The summed E-state index contributed by atoms with van der Waals surface area (Å²) in [6, 6.07) is 0. The summed E-state index contributed by atoms with van der Waals surface area (Å²) < 4.78 is 0. The van der Waals surface area contributed by atoms with Gasteiger partial charge in [0, 0.05) is 19.6 Å². The van der Waals surface area contributed by atoms with E-state index in [1.165, 1.54) is 32.1 Å². The Morgan fingerprint density at radius 2 is 2.00 bits per heavy atom. The average molecular weight is 226 g/mol. The molecule has 1 amide bonds. The summed E-state index contributed by atoms with van der Waals surface area (Å²) in [6.45, 7) is 7.90. The van der Waals surface area contributed by atoms with E-state index < -0.39 is 0 Å². The molecule has 0 aromatic rings. The summed E-state index contributed by atoms with van der Waals surface area (Å²) in [5.41, 5.74) is 0. The quantitative estimate of drug-likeness (QED) is 0.674. The highest BCUT2D eigenvalue weighted by atomic mass is 16.2. The summed E-state index contributed by atoms with van der Waals surface area (Å²) in [5, 5.41) is 3.10. The molecule has 0 radical (unpaired) electrons. The van der Waals surface area contributed by atoms with Crippen molar-refractivity contribution in [1.82, 2.24) is 10.2 Å². The van der Waals surface area contributed by atoms with Gasteiger partial charge in [0.05, 0.1) is 6.54 Å². The number of carbonyl (C=O) groups excluding carboxylic acids is 1. The molecule has 0 aromatic carbocycles. The lowest BCUT2D eigenvalue weighted by atomic mass is 10.0. The van der Waals surface area contributed by atoms with Crippen LogP contribution in [0.4, 0.5) is 0 Å². The van der Waals surface area contributed by atoms with Crippen molar-refractivity contribution in [3.63, 3.8) is 0 Å². The smallest absolute Gasteiger partial charge is 0.236 e. The van der Waals surface area contributed by atoms with Crippen molar-refractivity contribution in [2.24, 2.45) is 5.92 Å². The SMILES string of the molecule is CC(C)CCCCCCN1CCNCC1=O. The fourth-order valence-electron chi connectivity index (χ4n) is 2.09. The Hall–Kier alpha value is -0.570. The molecule has 1 rings (SSSR count). The Morgan fingerprint density at radius 3 is 2.69 bits per heavy atom. The van der Waals surface area contributed by atoms with Crippen molar-refractivity contribution in [3.8, 4) is 0 Å². The van der Waals surface area contributed by atoms with Crippen LogP contribution in [-0.2, 0) is 4.79 Å². The lowest BCUT2D eigenvalue weighted by molar-refractivity contribution is -0.131. The van der Waals surface area contributed by atoms with E-state index in [4.69, 9.17) is 0 Å². The minimum Gasteiger partial charge on any atom is -0.340 e. The zero-order valence-corrected chi connectivity index (χ0v) is 10.8. The molecule has 0 aromatic heterocycles. The van der Waals surface area contributed by atoms with Gasteiger partial charge in [-0.1, -0.05) is 39.5 Å². The van der Waals surface area contributed by atoms with Crippen molar-refractivity contribution >= 4 is 5.91 Å². The number of unbranched alkanes of at least 4 members (excludes halogenated alkanes) is 3. The number of hydrogen-bond donors (Lipinski definition) is 1. The van der Waals surface area contributed by atoms with E-state index in [9.17, 15) is 4.79 Å². The van der Waals surface area contributed by atoms with Crippen LogP contribution in [0.3, 0.4) is 0 Å². The maximum atomic E-state index is 11.5. The molecule has 3 nitrogen and oxygen atoms in total. The van der Waals surface area contributed by atoms with Crippen molar-refractivity contribution < 1.29 is 4.79 Å². The number of hydrogen-bond acceptors (Lipinski definition) is 2. The molecule has 0 bridgehead atoms. The van der Waals surface area contributed by atoms with Gasteiger partial charge in [-0.3, -0.25) is 4.79 Å². The first-order valence-electron chi connectivity index (χ1n) is 6.68. The molecule has 94 valence electrons. The highest BCUT2D eigenvalue weighted by Gasteiger charge is 2.16. The predicted molar refractivity (Wildman–Crippen MR) is 67.4 cm³/mol. The number of amides is 1. The van der Waals surface area contributed by atoms with Crippen LogP contribution in [0.1, 0.15) is 46.0 Å². The standard InChI is InChI=1S/C13H26N2O/c1-12(2)7-5-3-4-6-9-15-10-8-14-11-13(15)16/h12,14H,3-11H2,1-2H3. The van der Waals surface area contributed by atoms with E-state index in [-0.39, 0.29) is 5.91 Å². The minimum absolute atomic E-state index is 0.272. The van der Waals surface area contributed by atoms with Crippen LogP contribution in [0.5, 0.6) is 0 Å². The monoisotopic (exact) mass is 226 g/mol. The average Bonchev–Trinajstić information content (AvgIpc) is 2.25. The first-order valence-corrected chi connectivity index (χ1v) is 6.68. The van der Waals surface area contributed by atoms with E-state index in [0.29, 0.717) is 6.54 Å². The lowest BCUT2D eigenvalue weighted by Gasteiger charge is -2.27. The van der Waals surface area contributed by atoms with Crippen molar-refractivity contribution in [1.29, 1.82) is 0 Å². The zero-order valence-electron chi connectivity index (χ0n) is 10.8. The molecule has 16 heavy (non-hydrogen) atoms. The van der Waals surface area contributed by atoms with Crippen LogP contribution in [0.15, 0.2) is 0 Å². The second-order valence-electron chi connectivity index (χ2n) is 5.15. The van der Waals surface area contributed by atoms with E-state index in [2.05, 4.69) is 19.2 Å². The van der Waals surface area contributed by atoms with Crippen LogP contribution in [0.25, 0.3) is 0 Å². The maximum Gasteiger partial charge on any atom is 0.236 e. The summed E-state index contributed by atoms with van der Waals surface area (Å²) in [5.74, 6) is 1.10. The Labute approximate surface area is 99.6 Å². The lowest BCUT2D eigenvalue weighted by Crippen LogP contribution is -2.48. The van der Waals surface area contributed by atoms with Gasteiger partial charge in [0.25, 0.3) is 0 Å². The fraction of sp³-hybridized carbons (Fsp3) is 0.923. The molecule has 0 spiro atoms. The molecule has 1 N–H and O–H groups in total. The fourth-order valence-corrected chi connectivity index (χ4v) is 2.09. The molecule has 1 heterocycles. The van der Waals surface area contributed by atoms with Gasteiger partial charge in [-0.15, -0.1) is 0 Å². The Balaban J connectivity index is 1.96. The number of carbonyl (C=O) groups is 1. The molecular formula is C13H26N2O. The van der Waals surface area contributed by atoms with Crippen LogP contribution in [0, 0.1) is 5.92 Å². The molecular weight excluding hydrogens is 200 g/mol. The molecule has 0 saturated carbocycles. The largest absolute Gasteiger partial charge is 0.340 e. The topological polar surface area (TPSA) is 32.3 Å². The normalized spacial score (nSPS) is 17.2. The van der Waals surface area contributed by atoms with Crippen molar-refractivity contribution in [2.75, 3.05) is 26.2 Å². The summed E-state index contributed by atoms with van der Waals surface area (Å²) in [7, 11) is 0. The maximum absolute atomic E-state index is 11.5. The molecule has 0 unspecified atom stereocenters. The molecule has 1 aliphatic heterocycles. The van der Waals surface area contributed by atoms with E-state index in [0.717, 1.165) is 25.6 Å². The van der Waals surface area contributed by atoms with Crippen molar-refractivity contribution in [3.05, 3.63) is 0 Å². The molecule has 1 saturated heterocycles. The summed E-state index contributed by atoms with van der Waals surface area (Å²) >= 11 is 0. The van der Waals surface area contributed by atoms with E-state index >= 15 is 0 Å². The van der Waals surface area contributed by atoms with Gasteiger partial charge in [0.15, 0.2) is 0 Å². The molecule has 1 fully saturated rings. The van der Waals surface area contributed by atoms with Gasteiger partial charge in [-0.25, -0.2) is 0 Å². The van der Waals surface area contributed by atoms with Crippen LogP contribution >= 0.6 is 0 Å². The summed E-state index contributed by atoms with van der Waals surface area (Å²) in [4.78, 5) is 13.5. The Bertz CT molecular complexity index is 204. The van der Waals surface area contributed by atoms with Gasteiger partial charge in [0.1, 0.15) is 0 Å². The third-order valence-corrected chi connectivity index (χ3v) is 3.15. The number of nitrogens with one attached hydrogen (secondary N) is 1. The Morgan fingerprint density at radius 1 is 1.25 bits per heavy atom. The molecule has 3 heteroatoms. The molecule has 1 aliphatic rings.